The first-order valence-electron chi connectivity index (χ1n) is 5.96. The van der Waals surface area contributed by atoms with Gasteiger partial charge in [-0.3, -0.25) is 0 Å². The van der Waals surface area contributed by atoms with Gasteiger partial charge in [0.15, 0.2) is 0 Å². The van der Waals surface area contributed by atoms with Crippen molar-refractivity contribution >= 4 is 5.82 Å². The predicted octanol–water partition coefficient (Wildman–Crippen LogP) is 1.31. The minimum absolute atomic E-state index is 0.214. The number of hydrogen-bond donors (Lipinski definition) is 1. The molecular weight excluding hydrogens is 202 g/mol. The summed E-state index contributed by atoms with van der Waals surface area (Å²) < 4.78 is 0. The van der Waals surface area contributed by atoms with E-state index >= 15 is 0 Å². The zero-order chi connectivity index (χ0) is 11.5. The molecule has 4 heteroatoms. The second-order valence-electron chi connectivity index (χ2n) is 4.36. The summed E-state index contributed by atoms with van der Waals surface area (Å²) >= 11 is 0. The van der Waals surface area contributed by atoms with Gasteiger partial charge in [0.2, 0.25) is 0 Å². The molecule has 2 rings (SSSR count). The fourth-order valence-corrected chi connectivity index (χ4v) is 2.12. The van der Waals surface area contributed by atoms with E-state index in [1.807, 2.05) is 13.0 Å². The van der Waals surface area contributed by atoms with E-state index in [4.69, 9.17) is 0 Å². The average molecular weight is 221 g/mol. The first-order chi connectivity index (χ1) is 7.69. The third-order valence-electron chi connectivity index (χ3n) is 2.96. The average Bonchev–Trinajstić information content (AvgIpc) is 2.28. The van der Waals surface area contributed by atoms with E-state index in [2.05, 4.69) is 21.8 Å². The molecule has 1 aliphatic heterocycles. The molecule has 4 nitrogen and oxygen atoms in total. The molecule has 0 radical (unpaired) electrons. The highest BCUT2D eigenvalue weighted by Gasteiger charge is 2.19. The SMILES string of the molecule is CCc1cc(N2CCCC(O)C2)nc(C)n1. The van der Waals surface area contributed by atoms with Gasteiger partial charge in [0, 0.05) is 24.8 Å². The van der Waals surface area contributed by atoms with Crippen LogP contribution in [0.5, 0.6) is 0 Å². The Kier molecular flexibility index (Phi) is 3.39. The van der Waals surface area contributed by atoms with Crippen LogP contribution in [0.3, 0.4) is 0 Å². The fourth-order valence-electron chi connectivity index (χ4n) is 2.12. The third kappa shape index (κ3) is 2.50. The van der Waals surface area contributed by atoms with Gasteiger partial charge in [0.05, 0.1) is 6.10 Å². The number of aryl methyl sites for hydroxylation is 2. The van der Waals surface area contributed by atoms with Crippen LogP contribution >= 0.6 is 0 Å². The van der Waals surface area contributed by atoms with Crippen LogP contribution in [0.2, 0.25) is 0 Å². The first-order valence-corrected chi connectivity index (χ1v) is 5.96. The number of aliphatic hydroxyl groups is 1. The zero-order valence-corrected chi connectivity index (χ0v) is 9.98. The van der Waals surface area contributed by atoms with E-state index in [0.29, 0.717) is 6.54 Å². The Morgan fingerprint density at radius 2 is 2.31 bits per heavy atom. The number of piperidine rings is 1. The molecule has 1 atom stereocenters. The second-order valence-corrected chi connectivity index (χ2v) is 4.36. The Hall–Kier alpha value is -1.16. The van der Waals surface area contributed by atoms with E-state index in [1.165, 1.54) is 0 Å². The minimum Gasteiger partial charge on any atom is -0.391 e. The van der Waals surface area contributed by atoms with Gasteiger partial charge in [-0.15, -0.1) is 0 Å². The van der Waals surface area contributed by atoms with Gasteiger partial charge in [0.25, 0.3) is 0 Å². The van der Waals surface area contributed by atoms with E-state index in [0.717, 1.165) is 43.1 Å². The Morgan fingerprint density at radius 1 is 1.50 bits per heavy atom. The number of anilines is 1. The molecule has 0 bridgehead atoms. The molecule has 1 saturated heterocycles. The third-order valence-corrected chi connectivity index (χ3v) is 2.96. The van der Waals surface area contributed by atoms with Crippen LogP contribution in [-0.4, -0.2) is 34.3 Å². The highest BCUT2D eigenvalue weighted by atomic mass is 16.3. The van der Waals surface area contributed by atoms with Crippen LogP contribution in [0.25, 0.3) is 0 Å². The Labute approximate surface area is 96.3 Å². The number of β-amino-alcohol motifs (C(OH)–C–C–N with tert-alkyl or cyclic N) is 1. The lowest BCUT2D eigenvalue weighted by Crippen LogP contribution is -2.38. The van der Waals surface area contributed by atoms with Gasteiger partial charge in [-0.25, -0.2) is 9.97 Å². The monoisotopic (exact) mass is 221 g/mol. The lowest BCUT2D eigenvalue weighted by atomic mass is 10.1. The quantitative estimate of drug-likeness (QED) is 0.818. The fraction of sp³-hybridized carbons (Fsp3) is 0.667. The summed E-state index contributed by atoms with van der Waals surface area (Å²) in [6.07, 6.45) is 2.65. The molecule has 1 N–H and O–H groups in total. The summed E-state index contributed by atoms with van der Waals surface area (Å²) in [6, 6.07) is 2.03. The summed E-state index contributed by atoms with van der Waals surface area (Å²) in [6.45, 7) is 5.69. The number of aliphatic hydroxyl groups excluding tert-OH is 1. The summed E-state index contributed by atoms with van der Waals surface area (Å²) in [5.41, 5.74) is 1.07. The van der Waals surface area contributed by atoms with Gasteiger partial charge in [0.1, 0.15) is 11.6 Å². The number of rotatable bonds is 2. The van der Waals surface area contributed by atoms with Crippen molar-refractivity contribution in [2.45, 2.75) is 39.2 Å². The van der Waals surface area contributed by atoms with Gasteiger partial charge in [-0.05, 0) is 26.2 Å². The van der Waals surface area contributed by atoms with Crippen molar-refractivity contribution in [2.75, 3.05) is 18.0 Å². The molecule has 16 heavy (non-hydrogen) atoms. The molecule has 88 valence electrons. The van der Waals surface area contributed by atoms with Crippen molar-refractivity contribution in [2.24, 2.45) is 0 Å². The number of aromatic nitrogens is 2. The van der Waals surface area contributed by atoms with Crippen molar-refractivity contribution in [3.8, 4) is 0 Å². The van der Waals surface area contributed by atoms with E-state index in [1.54, 1.807) is 0 Å². The molecule has 0 spiro atoms. The second kappa shape index (κ2) is 4.78. The Bertz CT molecular complexity index is 367. The van der Waals surface area contributed by atoms with Crippen LogP contribution in [0.15, 0.2) is 6.07 Å². The molecule has 0 aromatic carbocycles. The smallest absolute Gasteiger partial charge is 0.132 e. The topological polar surface area (TPSA) is 49.2 Å². The van der Waals surface area contributed by atoms with Gasteiger partial charge >= 0.3 is 0 Å². The summed E-state index contributed by atoms with van der Waals surface area (Å²) in [7, 11) is 0. The molecule has 1 aromatic rings. The predicted molar refractivity (Wildman–Crippen MR) is 63.6 cm³/mol. The van der Waals surface area contributed by atoms with Gasteiger partial charge in [-0.2, -0.15) is 0 Å². The van der Waals surface area contributed by atoms with Crippen LogP contribution in [0.1, 0.15) is 31.3 Å². The molecule has 0 aliphatic carbocycles. The molecule has 2 heterocycles. The molecule has 1 fully saturated rings. The Balaban J connectivity index is 2.21. The molecule has 0 saturated carbocycles. The molecular formula is C12H19N3O. The van der Waals surface area contributed by atoms with Crippen LogP contribution in [0, 0.1) is 6.92 Å². The van der Waals surface area contributed by atoms with Crippen molar-refractivity contribution < 1.29 is 5.11 Å². The molecule has 0 amide bonds. The highest BCUT2D eigenvalue weighted by Crippen LogP contribution is 2.18. The molecule has 1 aliphatic rings. The van der Waals surface area contributed by atoms with Crippen molar-refractivity contribution in [1.82, 2.24) is 9.97 Å². The normalized spacial score (nSPS) is 21.2. The van der Waals surface area contributed by atoms with Crippen LogP contribution < -0.4 is 4.90 Å². The van der Waals surface area contributed by atoms with Crippen molar-refractivity contribution in [3.63, 3.8) is 0 Å². The summed E-state index contributed by atoms with van der Waals surface area (Å²) in [4.78, 5) is 11.0. The van der Waals surface area contributed by atoms with Crippen molar-refractivity contribution in [3.05, 3.63) is 17.6 Å². The van der Waals surface area contributed by atoms with E-state index in [-0.39, 0.29) is 6.10 Å². The lowest BCUT2D eigenvalue weighted by molar-refractivity contribution is 0.154. The maximum absolute atomic E-state index is 9.65. The van der Waals surface area contributed by atoms with Gasteiger partial charge < -0.3 is 10.0 Å². The van der Waals surface area contributed by atoms with Crippen LogP contribution in [-0.2, 0) is 6.42 Å². The van der Waals surface area contributed by atoms with E-state index in [9.17, 15) is 5.11 Å². The molecule has 1 aromatic heterocycles. The van der Waals surface area contributed by atoms with Crippen molar-refractivity contribution in [1.29, 1.82) is 0 Å². The summed E-state index contributed by atoms with van der Waals surface area (Å²) in [5.74, 6) is 1.78. The maximum Gasteiger partial charge on any atom is 0.132 e. The standard InChI is InChI=1S/C12H19N3O/c1-3-10-7-12(14-9(2)13-10)15-6-4-5-11(16)8-15/h7,11,16H,3-6,8H2,1-2H3. The highest BCUT2D eigenvalue weighted by molar-refractivity contribution is 5.40. The summed E-state index contributed by atoms with van der Waals surface area (Å²) in [5, 5.41) is 9.65. The minimum atomic E-state index is -0.214. The van der Waals surface area contributed by atoms with E-state index < -0.39 is 0 Å². The number of nitrogens with zero attached hydrogens (tertiary/aromatic N) is 3. The first kappa shape index (κ1) is 11.3. The maximum atomic E-state index is 9.65. The largest absolute Gasteiger partial charge is 0.391 e. The van der Waals surface area contributed by atoms with Gasteiger partial charge in [-0.1, -0.05) is 6.92 Å². The molecule has 1 unspecified atom stereocenters. The number of hydrogen-bond acceptors (Lipinski definition) is 4. The van der Waals surface area contributed by atoms with Crippen LogP contribution in [0.4, 0.5) is 5.82 Å². The zero-order valence-electron chi connectivity index (χ0n) is 9.98. The Morgan fingerprint density at radius 3 is 3.00 bits per heavy atom. The lowest BCUT2D eigenvalue weighted by Gasteiger charge is -2.31.